The van der Waals surface area contributed by atoms with Crippen molar-refractivity contribution in [1.82, 2.24) is 9.96 Å². The van der Waals surface area contributed by atoms with Crippen LogP contribution < -0.4 is 15.2 Å². The topological polar surface area (TPSA) is 24.1 Å². The van der Waals surface area contributed by atoms with E-state index in [1.807, 2.05) is 20.2 Å². The summed E-state index contributed by atoms with van der Waals surface area (Å²) >= 11 is 0. The Balaban J connectivity index is 2.95. The Bertz CT molecular complexity index is 232. The van der Waals surface area contributed by atoms with Crippen LogP contribution in [0.15, 0.2) is 30.3 Å². The molecule has 0 unspecified atom stereocenters. The Labute approximate surface area is 75.2 Å². The molecule has 0 radical (unpaired) electrons. The first kappa shape index (κ1) is 9.44. The quantitative estimate of drug-likeness (QED) is 0.658. The molecule has 0 bridgehead atoms. The Morgan fingerprint density at radius 3 is 1.92 bits per heavy atom. The van der Waals surface area contributed by atoms with Crippen LogP contribution in [0.4, 0.5) is 0 Å². The molecule has 0 aliphatic heterocycles. The molecule has 2 nitrogen and oxygen atoms in total. The predicted octanol–water partition coefficient (Wildman–Crippen LogP) is 0.404. The van der Waals surface area contributed by atoms with Gasteiger partial charge in [-0.3, -0.25) is 0 Å². The predicted molar refractivity (Wildman–Crippen MR) is 55.8 cm³/mol. The third-order valence-electron chi connectivity index (χ3n) is 2.35. The van der Waals surface area contributed by atoms with E-state index in [4.69, 9.17) is 0 Å². The molecular formula is C9H16N2Si. The van der Waals surface area contributed by atoms with Crippen LogP contribution in [-0.2, 0) is 0 Å². The largest absolute Gasteiger partial charge is 0.325 e. The number of nitrogens with one attached hydrogen (secondary N) is 2. The molecule has 0 saturated carbocycles. The Kier molecular flexibility index (Phi) is 3.03. The molecule has 0 heterocycles. The maximum atomic E-state index is 3.37. The average molecular weight is 180 g/mol. The molecule has 0 saturated heterocycles. The van der Waals surface area contributed by atoms with Crippen molar-refractivity contribution >= 4 is 13.6 Å². The van der Waals surface area contributed by atoms with Crippen molar-refractivity contribution in [2.45, 2.75) is 6.55 Å². The third-order valence-corrected chi connectivity index (χ3v) is 5.84. The average Bonchev–Trinajstić information content (AvgIpc) is 2.18. The SMILES string of the molecule is CN[Si](C)(NC)c1ccccc1. The van der Waals surface area contributed by atoms with E-state index < -0.39 is 8.40 Å². The molecule has 2 N–H and O–H groups in total. The second-order valence-corrected chi connectivity index (χ2v) is 6.82. The molecule has 1 aromatic carbocycles. The van der Waals surface area contributed by atoms with Crippen LogP contribution in [-0.4, -0.2) is 22.5 Å². The lowest BCUT2D eigenvalue weighted by Gasteiger charge is -2.25. The highest BCUT2D eigenvalue weighted by atomic mass is 28.3. The molecule has 0 aliphatic rings. The van der Waals surface area contributed by atoms with Gasteiger partial charge in [0.25, 0.3) is 0 Å². The lowest BCUT2D eigenvalue weighted by atomic mass is 10.4. The van der Waals surface area contributed by atoms with Crippen molar-refractivity contribution in [3.63, 3.8) is 0 Å². The smallest absolute Gasteiger partial charge is 0.230 e. The van der Waals surface area contributed by atoms with Gasteiger partial charge in [0.2, 0.25) is 8.40 Å². The van der Waals surface area contributed by atoms with E-state index in [1.165, 1.54) is 5.19 Å². The molecule has 0 spiro atoms. The van der Waals surface area contributed by atoms with Crippen molar-refractivity contribution in [1.29, 1.82) is 0 Å². The highest BCUT2D eigenvalue weighted by Gasteiger charge is 2.25. The summed E-state index contributed by atoms with van der Waals surface area (Å²) in [5, 5.41) is 1.38. The first-order chi connectivity index (χ1) is 5.73. The Hall–Kier alpha value is -0.643. The van der Waals surface area contributed by atoms with E-state index in [9.17, 15) is 0 Å². The minimum absolute atomic E-state index is 1.38. The molecular weight excluding hydrogens is 164 g/mol. The van der Waals surface area contributed by atoms with Crippen LogP contribution in [0.3, 0.4) is 0 Å². The van der Waals surface area contributed by atoms with Crippen LogP contribution in [0.2, 0.25) is 6.55 Å². The van der Waals surface area contributed by atoms with Crippen LogP contribution >= 0.6 is 0 Å². The second-order valence-electron chi connectivity index (χ2n) is 2.99. The number of hydrogen-bond donors (Lipinski definition) is 2. The zero-order valence-corrected chi connectivity index (χ0v) is 8.89. The van der Waals surface area contributed by atoms with Crippen molar-refractivity contribution in [2.75, 3.05) is 14.1 Å². The van der Waals surface area contributed by atoms with Gasteiger partial charge in [-0.15, -0.1) is 0 Å². The second kappa shape index (κ2) is 3.84. The molecule has 0 aliphatic carbocycles. The van der Waals surface area contributed by atoms with E-state index in [1.54, 1.807) is 0 Å². The molecule has 0 aromatic heterocycles. The minimum atomic E-state index is -1.57. The minimum Gasteiger partial charge on any atom is -0.325 e. The third kappa shape index (κ3) is 1.74. The van der Waals surface area contributed by atoms with Crippen molar-refractivity contribution < 1.29 is 0 Å². The van der Waals surface area contributed by atoms with Crippen molar-refractivity contribution in [2.24, 2.45) is 0 Å². The van der Waals surface area contributed by atoms with Gasteiger partial charge in [0.15, 0.2) is 0 Å². The van der Waals surface area contributed by atoms with Gasteiger partial charge in [0.05, 0.1) is 0 Å². The summed E-state index contributed by atoms with van der Waals surface area (Å²) in [6, 6.07) is 10.5. The standard InChI is InChI=1S/C9H16N2Si/c1-10-12(3,11-2)9-7-5-4-6-8-9/h4-8,10-11H,1-3H3. The van der Waals surface area contributed by atoms with Crippen molar-refractivity contribution in [3.8, 4) is 0 Å². The first-order valence-corrected chi connectivity index (χ1v) is 6.66. The van der Waals surface area contributed by atoms with Crippen LogP contribution in [0.5, 0.6) is 0 Å². The van der Waals surface area contributed by atoms with E-state index in [0.29, 0.717) is 0 Å². The maximum Gasteiger partial charge on any atom is 0.230 e. The molecule has 0 fully saturated rings. The number of rotatable bonds is 3. The fourth-order valence-corrected chi connectivity index (χ4v) is 2.87. The lowest BCUT2D eigenvalue weighted by Crippen LogP contribution is -2.66. The van der Waals surface area contributed by atoms with E-state index in [2.05, 4.69) is 40.8 Å². The fourth-order valence-electron chi connectivity index (χ4n) is 1.19. The zero-order valence-electron chi connectivity index (χ0n) is 7.89. The highest BCUT2D eigenvalue weighted by molar-refractivity contribution is 6.86. The van der Waals surface area contributed by atoms with Crippen LogP contribution in [0.25, 0.3) is 0 Å². The summed E-state index contributed by atoms with van der Waals surface area (Å²) in [6.45, 7) is 2.25. The fraction of sp³-hybridized carbons (Fsp3) is 0.333. The molecule has 1 aromatic rings. The summed E-state index contributed by atoms with van der Waals surface area (Å²) in [4.78, 5) is 6.74. The molecule has 1 rings (SSSR count). The number of hydrogen-bond acceptors (Lipinski definition) is 2. The first-order valence-electron chi connectivity index (χ1n) is 4.16. The van der Waals surface area contributed by atoms with Crippen LogP contribution in [0.1, 0.15) is 0 Å². The van der Waals surface area contributed by atoms with Crippen molar-refractivity contribution in [3.05, 3.63) is 30.3 Å². The Morgan fingerprint density at radius 2 is 1.50 bits per heavy atom. The van der Waals surface area contributed by atoms with E-state index in [-0.39, 0.29) is 0 Å². The monoisotopic (exact) mass is 180 g/mol. The Morgan fingerprint density at radius 1 is 1.00 bits per heavy atom. The van der Waals surface area contributed by atoms with E-state index >= 15 is 0 Å². The summed E-state index contributed by atoms with van der Waals surface area (Å²) in [5.74, 6) is 0. The highest BCUT2D eigenvalue weighted by Crippen LogP contribution is 1.93. The zero-order chi connectivity index (χ0) is 9.03. The number of benzene rings is 1. The van der Waals surface area contributed by atoms with Gasteiger partial charge in [-0.2, -0.15) is 0 Å². The van der Waals surface area contributed by atoms with Gasteiger partial charge in [-0.1, -0.05) is 30.3 Å². The van der Waals surface area contributed by atoms with E-state index in [0.717, 1.165) is 0 Å². The van der Waals surface area contributed by atoms with Gasteiger partial charge >= 0.3 is 0 Å². The normalized spacial score (nSPS) is 11.6. The van der Waals surface area contributed by atoms with Gasteiger partial charge in [0, 0.05) is 0 Å². The molecule has 0 amide bonds. The van der Waals surface area contributed by atoms with Crippen LogP contribution in [0, 0.1) is 0 Å². The molecule has 0 atom stereocenters. The molecule has 3 heteroatoms. The summed E-state index contributed by atoms with van der Waals surface area (Å²) in [7, 11) is 2.45. The van der Waals surface area contributed by atoms with Gasteiger partial charge in [-0.25, -0.2) is 0 Å². The summed E-state index contributed by atoms with van der Waals surface area (Å²) in [6.07, 6.45) is 0. The molecule has 12 heavy (non-hydrogen) atoms. The summed E-state index contributed by atoms with van der Waals surface area (Å²) in [5.41, 5.74) is 0. The summed E-state index contributed by atoms with van der Waals surface area (Å²) < 4.78 is 0. The maximum absolute atomic E-state index is 3.37. The lowest BCUT2D eigenvalue weighted by molar-refractivity contribution is 1.04. The van der Waals surface area contributed by atoms with Gasteiger partial charge in [-0.05, 0) is 25.8 Å². The molecule has 66 valence electrons. The van der Waals surface area contributed by atoms with Gasteiger partial charge < -0.3 is 9.96 Å². The van der Waals surface area contributed by atoms with Gasteiger partial charge in [0.1, 0.15) is 0 Å².